The molecule has 0 aliphatic heterocycles. The highest BCUT2D eigenvalue weighted by atomic mass is 127. The van der Waals surface area contributed by atoms with E-state index in [4.69, 9.17) is 5.14 Å². The summed E-state index contributed by atoms with van der Waals surface area (Å²) in [5.74, 6) is 0. The van der Waals surface area contributed by atoms with Gasteiger partial charge in [-0.25, -0.2) is 13.6 Å². The zero-order valence-electron chi connectivity index (χ0n) is 14.2. The molecule has 0 fully saturated rings. The molecule has 0 aromatic carbocycles. The van der Waals surface area contributed by atoms with Crippen LogP contribution < -0.4 is 29.1 Å². The fourth-order valence-electron chi connectivity index (χ4n) is 1.89. The molecule has 1 unspecified atom stereocenters. The van der Waals surface area contributed by atoms with Gasteiger partial charge >= 0.3 is 0 Å². The minimum atomic E-state index is -3.30. The van der Waals surface area contributed by atoms with Crippen LogP contribution in [0.4, 0.5) is 0 Å². The molecule has 0 amide bonds. The van der Waals surface area contributed by atoms with Crippen LogP contribution in [0.3, 0.4) is 0 Å². The number of quaternary nitrogens is 1. The first kappa shape index (κ1) is 25.5. The second-order valence-corrected chi connectivity index (χ2v) is 7.97. The van der Waals surface area contributed by atoms with Gasteiger partial charge in [0.1, 0.15) is 0 Å². The standard InChI is InChI=1S/C8H19NO2S.C6H16N.HI/c1-3-5-6-7-8(4-2)12(9,10)11;1-5-6-7(2,3)4;/h8H,3-7H2,1-2H3,(H2,9,10,11);5-6H2,1-4H3;1H/q;+1;/p-1. The van der Waals surface area contributed by atoms with E-state index in [-0.39, 0.29) is 29.2 Å². The molecule has 0 heterocycles. The van der Waals surface area contributed by atoms with Crippen LogP contribution in [0.1, 0.15) is 59.3 Å². The van der Waals surface area contributed by atoms with Crippen LogP contribution >= 0.6 is 0 Å². The molecule has 2 N–H and O–H groups in total. The molecule has 0 saturated carbocycles. The zero-order chi connectivity index (χ0) is 15.5. The van der Waals surface area contributed by atoms with Crippen LogP contribution in [0.2, 0.25) is 0 Å². The minimum Gasteiger partial charge on any atom is -1.00 e. The smallest absolute Gasteiger partial charge is 0.211 e. The Hall–Kier alpha value is 0.600. The highest BCUT2D eigenvalue weighted by molar-refractivity contribution is 7.89. The molecular formula is C14H35IN2O2S. The topological polar surface area (TPSA) is 60.2 Å². The van der Waals surface area contributed by atoms with E-state index < -0.39 is 10.0 Å². The third-order valence-corrected chi connectivity index (χ3v) is 4.44. The fourth-order valence-corrected chi connectivity index (χ4v) is 2.85. The Morgan fingerprint density at radius 1 is 1.00 bits per heavy atom. The molecule has 0 rings (SSSR count). The minimum absolute atomic E-state index is 0. The fraction of sp³-hybridized carbons (Fsp3) is 1.00. The number of hydrogen-bond donors (Lipinski definition) is 1. The van der Waals surface area contributed by atoms with Crippen molar-refractivity contribution < 1.29 is 36.9 Å². The van der Waals surface area contributed by atoms with E-state index in [0.717, 1.165) is 23.7 Å². The van der Waals surface area contributed by atoms with Gasteiger partial charge in [0.2, 0.25) is 10.0 Å². The number of nitrogens with zero attached hydrogens (tertiary/aromatic N) is 1. The highest BCUT2D eigenvalue weighted by Crippen LogP contribution is 2.11. The van der Waals surface area contributed by atoms with E-state index in [9.17, 15) is 8.42 Å². The van der Waals surface area contributed by atoms with Crippen LogP contribution in [-0.4, -0.2) is 45.8 Å². The third kappa shape index (κ3) is 18.6. The number of rotatable bonds is 8. The summed E-state index contributed by atoms with van der Waals surface area (Å²) in [6, 6.07) is 0. The van der Waals surface area contributed by atoms with Gasteiger partial charge in [0.25, 0.3) is 0 Å². The van der Waals surface area contributed by atoms with Crippen LogP contribution in [0.5, 0.6) is 0 Å². The lowest BCUT2D eigenvalue weighted by Gasteiger charge is -2.22. The Morgan fingerprint density at radius 2 is 1.50 bits per heavy atom. The summed E-state index contributed by atoms with van der Waals surface area (Å²) in [4.78, 5) is 0. The molecule has 0 aromatic heterocycles. The highest BCUT2D eigenvalue weighted by Gasteiger charge is 2.17. The first-order valence-electron chi connectivity index (χ1n) is 7.40. The van der Waals surface area contributed by atoms with Crippen molar-refractivity contribution in [3.05, 3.63) is 0 Å². The molecule has 0 bridgehead atoms. The summed E-state index contributed by atoms with van der Waals surface area (Å²) < 4.78 is 23.0. The average Bonchev–Trinajstić information content (AvgIpc) is 2.22. The lowest BCUT2D eigenvalue weighted by Crippen LogP contribution is -3.00. The van der Waals surface area contributed by atoms with Crippen molar-refractivity contribution >= 4 is 10.0 Å². The number of sulfonamides is 1. The molecule has 0 aliphatic rings. The molecule has 0 radical (unpaired) electrons. The summed E-state index contributed by atoms with van der Waals surface area (Å²) >= 11 is 0. The second-order valence-electron chi connectivity index (χ2n) is 6.13. The summed E-state index contributed by atoms with van der Waals surface area (Å²) in [7, 11) is 3.34. The third-order valence-electron chi connectivity index (χ3n) is 2.94. The van der Waals surface area contributed by atoms with Crippen molar-refractivity contribution in [1.29, 1.82) is 0 Å². The van der Waals surface area contributed by atoms with Crippen LogP contribution in [-0.2, 0) is 10.0 Å². The quantitative estimate of drug-likeness (QED) is 0.333. The van der Waals surface area contributed by atoms with Crippen LogP contribution in [0.25, 0.3) is 0 Å². The maximum atomic E-state index is 10.9. The number of primary sulfonamides is 1. The van der Waals surface area contributed by atoms with Gasteiger partial charge in [-0.3, -0.25) is 0 Å². The largest absolute Gasteiger partial charge is 1.00 e. The zero-order valence-corrected chi connectivity index (χ0v) is 17.1. The number of hydrogen-bond acceptors (Lipinski definition) is 2. The average molecular weight is 422 g/mol. The Balaban J connectivity index is -0.000000312. The van der Waals surface area contributed by atoms with Gasteiger partial charge in [-0.1, -0.05) is 40.0 Å². The lowest BCUT2D eigenvalue weighted by atomic mass is 10.1. The Labute approximate surface area is 144 Å². The SMILES string of the molecule is CCCCCC(CC)S(N)(=O)=O.CCC[N+](C)(C)C.[I-]. The monoisotopic (exact) mass is 422 g/mol. The normalized spacial score (nSPS) is 12.9. The Kier molecular flexibility index (Phi) is 17.0. The van der Waals surface area contributed by atoms with Crippen molar-refractivity contribution in [2.24, 2.45) is 5.14 Å². The molecule has 1 atom stereocenters. The molecule has 0 aliphatic carbocycles. The Bertz CT molecular complexity index is 301. The van der Waals surface area contributed by atoms with E-state index in [1.807, 2.05) is 6.92 Å². The van der Waals surface area contributed by atoms with E-state index in [2.05, 4.69) is 35.0 Å². The summed E-state index contributed by atoms with van der Waals surface area (Å²) in [6.45, 7) is 7.45. The molecule has 6 heteroatoms. The van der Waals surface area contributed by atoms with Gasteiger partial charge in [0, 0.05) is 0 Å². The van der Waals surface area contributed by atoms with Crippen molar-refractivity contribution in [3.8, 4) is 0 Å². The maximum absolute atomic E-state index is 10.9. The molecular weight excluding hydrogens is 387 g/mol. The first-order chi connectivity index (χ1) is 8.58. The van der Waals surface area contributed by atoms with E-state index in [0.29, 0.717) is 12.8 Å². The second kappa shape index (κ2) is 13.3. The van der Waals surface area contributed by atoms with Gasteiger partial charge in [0.05, 0.1) is 32.9 Å². The molecule has 0 aromatic rings. The molecule has 126 valence electrons. The van der Waals surface area contributed by atoms with Gasteiger partial charge < -0.3 is 28.5 Å². The predicted molar refractivity (Wildman–Crippen MR) is 84.5 cm³/mol. The van der Waals surface area contributed by atoms with Crippen molar-refractivity contribution in [3.63, 3.8) is 0 Å². The van der Waals surface area contributed by atoms with E-state index in [1.165, 1.54) is 13.0 Å². The van der Waals surface area contributed by atoms with E-state index >= 15 is 0 Å². The Morgan fingerprint density at radius 3 is 1.70 bits per heavy atom. The van der Waals surface area contributed by atoms with Crippen molar-refractivity contribution in [2.75, 3.05) is 27.7 Å². The van der Waals surface area contributed by atoms with Gasteiger partial charge in [-0.05, 0) is 19.3 Å². The van der Waals surface area contributed by atoms with Gasteiger partial charge in [-0.15, -0.1) is 0 Å². The summed E-state index contributed by atoms with van der Waals surface area (Å²) in [5.41, 5.74) is 0. The van der Waals surface area contributed by atoms with E-state index in [1.54, 1.807) is 0 Å². The van der Waals surface area contributed by atoms with Gasteiger partial charge in [-0.2, -0.15) is 0 Å². The van der Waals surface area contributed by atoms with Gasteiger partial charge in [0.15, 0.2) is 0 Å². The number of nitrogens with two attached hydrogens (primary N) is 1. The summed E-state index contributed by atoms with van der Waals surface area (Å²) in [5, 5.41) is 4.72. The molecule has 0 saturated heterocycles. The predicted octanol–water partition coefficient (Wildman–Crippen LogP) is -0.260. The molecule has 0 spiro atoms. The van der Waals surface area contributed by atoms with Crippen molar-refractivity contribution in [2.45, 2.75) is 64.5 Å². The molecule has 4 nitrogen and oxygen atoms in total. The van der Waals surface area contributed by atoms with Crippen LogP contribution in [0, 0.1) is 0 Å². The maximum Gasteiger partial charge on any atom is 0.211 e. The number of halogens is 1. The van der Waals surface area contributed by atoms with Crippen LogP contribution in [0.15, 0.2) is 0 Å². The van der Waals surface area contributed by atoms with Crippen molar-refractivity contribution in [1.82, 2.24) is 0 Å². The lowest BCUT2D eigenvalue weighted by molar-refractivity contribution is -0.870. The summed E-state index contributed by atoms with van der Waals surface area (Å²) in [6.07, 6.45) is 5.79. The molecule has 20 heavy (non-hydrogen) atoms. The first-order valence-corrected chi connectivity index (χ1v) is 9.01. The number of unbranched alkanes of at least 4 members (excludes halogenated alkanes) is 2.